The topological polar surface area (TPSA) is 68.8 Å². The number of aliphatic imine (C=N–C) groups is 1. The van der Waals surface area contributed by atoms with Gasteiger partial charge in [0.1, 0.15) is 0 Å². The van der Waals surface area contributed by atoms with E-state index < -0.39 is 0 Å². The first-order valence-corrected chi connectivity index (χ1v) is 9.61. The molecule has 0 aromatic heterocycles. The number of hydrogen-bond donors (Lipinski definition) is 3. The zero-order valence-electron chi connectivity index (χ0n) is 16.8. The first kappa shape index (κ1) is 23.7. The van der Waals surface area contributed by atoms with Gasteiger partial charge in [-0.1, -0.05) is 38.1 Å². The molecule has 0 spiro atoms. The Morgan fingerprint density at radius 1 is 1.04 bits per heavy atom. The van der Waals surface area contributed by atoms with Crippen molar-refractivity contribution in [1.82, 2.24) is 20.9 Å². The molecule has 1 aliphatic rings. The van der Waals surface area contributed by atoms with Crippen molar-refractivity contribution < 1.29 is 4.79 Å². The van der Waals surface area contributed by atoms with Gasteiger partial charge in [-0.25, -0.2) is 0 Å². The summed E-state index contributed by atoms with van der Waals surface area (Å²) in [6, 6.07) is 8.78. The number of hydrogen-bond acceptors (Lipinski definition) is 3. The molecule has 1 heterocycles. The Kier molecular flexibility index (Phi) is 11.3. The Morgan fingerprint density at radius 3 is 2.22 bits per heavy atom. The molecule has 0 aliphatic carbocycles. The molecule has 1 fully saturated rings. The van der Waals surface area contributed by atoms with Crippen molar-refractivity contribution in [3.8, 4) is 0 Å². The van der Waals surface area contributed by atoms with Gasteiger partial charge in [-0.05, 0) is 37.1 Å². The molecule has 0 atom stereocenters. The molecule has 6 nitrogen and oxygen atoms in total. The molecule has 0 saturated carbocycles. The third-order valence-corrected chi connectivity index (χ3v) is 4.55. The summed E-state index contributed by atoms with van der Waals surface area (Å²) in [5.74, 6) is 0.828. The molecule has 0 radical (unpaired) electrons. The first-order valence-electron chi connectivity index (χ1n) is 9.61. The molecule has 1 aliphatic heterocycles. The van der Waals surface area contributed by atoms with Crippen molar-refractivity contribution in [2.45, 2.75) is 39.8 Å². The molecule has 1 aromatic rings. The Hall–Kier alpha value is -1.35. The van der Waals surface area contributed by atoms with E-state index in [9.17, 15) is 4.79 Å². The summed E-state index contributed by atoms with van der Waals surface area (Å²) in [5, 5.41) is 9.40. The zero-order valence-corrected chi connectivity index (χ0v) is 19.1. The van der Waals surface area contributed by atoms with Gasteiger partial charge in [0.15, 0.2) is 5.96 Å². The summed E-state index contributed by atoms with van der Waals surface area (Å²) in [4.78, 5) is 18.2. The van der Waals surface area contributed by atoms with E-state index in [0.717, 1.165) is 19.0 Å². The number of carbonyl (C=O) groups excluding carboxylic acids is 1. The summed E-state index contributed by atoms with van der Waals surface area (Å²) in [6.45, 7) is 9.24. The second kappa shape index (κ2) is 12.9. The lowest BCUT2D eigenvalue weighted by molar-refractivity contribution is -0.123. The minimum atomic E-state index is 0. The molecule has 7 heteroatoms. The van der Waals surface area contributed by atoms with E-state index >= 15 is 0 Å². The van der Waals surface area contributed by atoms with Gasteiger partial charge in [0.25, 0.3) is 0 Å². The van der Waals surface area contributed by atoms with E-state index in [1.807, 2.05) is 13.8 Å². The number of carbonyl (C=O) groups is 1. The van der Waals surface area contributed by atoms with Crippen LogP contribution in [0.3, 0.4) is 0 Å². The summed E-state index contributed by atoms with van der Waals surface area (Å²) >= 11 is 0. The van der Waals surface area contributed by atoms with Gasteiger partial charge in [0.05, 0.1) is 0 Å². The van der Waals surface area contributed by atoms with E-state index in [1.165, 1.54) is 37.1 Å². The van der Waals surface area contributed by atoms with Gasteiger partial charge in [-0.3, -0.25) is 14.7 Å². The van der Waals surface area contributed by atoms with Gasteiger partial charge in [0, 0.05) is 39.1 Å². The highest BCUT2D eigenvalue weighted by Crippen LogP contribution is 2.13. The monoisotopic (exact) mass is 487 g/mol. The molecule has 1 amide bonds. The number of likely N-dealkylation sites (tertiary alicyclic amines) is 1. The highest BCUT2D eigenvalue weighted by atomic mass is 127. The van der Waals surface area contributed by atoms with Crippen LogP contribution in [0.2, 0.25) is 0 Å². The minimum absolute atomic E-state index is 0. The van der Waals surface area contributed by atoms with Gasteiger partial charge >= 0.3 is 0 Å². The lowest BCUT2D eigenvalue weighted by atomic mass is 10.1. The number of guanidine groups is 1. The number of nitrogens with zero attached hydrogens (tertiary/aromatic N) is 2. The van der Waals surface area contributed by atoms with Crippen LogP contribution in [0.25, 0.3) is 0 Å². The fourth-order valence-corrected chi connectivity index (χ4v) is 2.94. The molecule has 2 rings (SSSR count). The van der Waals surface area contributed by atoms with Crippen LogP contribution in [0.15, 0.2) is 29.3 Å². The van der Waals surface area contributed by atoms with Crippen molar-refractivity contribution in [1.29, 1.82) is 0 Å². The molecule has 1 saturated heterocycles. The van der Waals surface area contributed by atoms with Gasteiger partial charge in [0.2, 0.25) is 5.91 Å². The van der Waals surface area contributed by atoms with E-state index in [-0.39, 0.29) is 35.8 Å². The quantitative estimate of drug-likeness (QED) is 0.228. The lowest BCUT2D eigenvalue weighted by Gasteiger charge is -2.15. The summed E-state index contributed by atoms with van der Waals surface area (Å²) in [6.07, 6.45) is 2.66. The van der Waals surface area contributed by atoms with Crippen molar-refractivity contribution in [3.63, 3.8) is 0 Å². The van der Waals surface area contributed by atoms with Crippen molar-refractivity contribution >= 4 is 35.8 Å². The van der Waals surface area contributed by atoms with Crippen LogP contribution in [0.5, 0.6) is 0 Å². The van der Waals surface area contributed by atoms with Crippen molar-refractivity contribution in [3.05, 3.63) is 35.4 Å². The Morgan fingerprint density at radius 2 is 1.63 bits per heavy atom. The van der Waals surface area contributed by atoms with Crippen LogP contribution in [0.1, 0.15) is 37.8 Å². The second-order valence-electron chi connectivity index (χ2n) is 7.10. The number of nitrogens with one attached hydrogen (secondary N) is 3. The largest absolute Gasteiger partial charge is 0.355 e. The summed E-state index contributed by atoms with van der Waals surface area (Å²) in [7, 11) is 1.75. The van der Waals surface area contributed by atoms with Crippen LogP contribution in [-0.4, -0.2) is 50.0 Å². The van der Waals surface area contributed by atoms with Gasteiger partial charge < -0.3 is 16.0 Å². The third kappa shape index (κ3) is 8.92. The first-order chi connectivity index (χ1) is 12.6. The van der Waals surface area contributed by atoms with Crippen molar-refractivity contribution in [2.24, 2.45) is 10.9 Å². The highest BCUT2D eigenvalue weighted by Gasteiger charge is 2.11. The normalized spacial score (nSPS) is 14.7. The van der Waals surface area contributed by atoms with Crippen molar-refractivity contribution in [2.75, 3.05) is 33.2 Å². The Balaban J connectivity index is 0.00000364. The average Bonchev–Trinajstić information content (AvgIpc) is 3.15. The van der Waals surface area contributed by atoms with Crippen LogP contribution in [0.4, 0.5) is 0 Å². The maximum absolute atomic E-state index is 11.5. The predicted octanol–water partition coefficient (Wildman–Crippen LogP) is 2.34. The van der Waals surface area contributed by atoms with Gasteiger partial charge in [-0.15, -0.1) is 24.0 Å². The van der Waals surface area contributed by atoms with Crippen LogP contribution >= 0.6 is 24.0 Å². The van der Waals surface area contributed by atoms with E-state index in [1.54, 1.807) is 7.05 Å². The highest BCUT2D eigenvalue weighted by molar-refractivity contribution is 14.0. The van der Waals surface area contributed by atoms with E-state index in [2.05, 4.69) is 50.1 Å². The number of halogens is 1. The summed E-state index contributed by atoms with van der Waals surface area (Å²) < 4.78 is 0. The summed E-state index contributed by atoms with van der Waals surface area (Å²) in [5.41, 5.74) is 2.60. The maximum atomic E-state index is 11.5. The van der Waals surface area contributed by atoms with E-state index in [0.29, 0.717) is 13.1 Å². The molecular weight excluding hydrogens is 453 g/mol. The van der Waals surface area contributed by atoms with E-state index in [4.69, 9.17) is 0 Å². The zero-order chi connectivity index (χ0) is 18.8. The predicted molar refractivity (Wildman–Crippen MR) is 122 cm³/mol. The number of rotatable bonds is 8. The molecule has 1 aromatic carbocycles. The lowest BCUT2D eigenvalue weighted by Crippen LogP contribution is -2.41. The second-order valence-corrected chi connectivity index (χ2v) is 7.10. The average molecular weight is 487 g/mol. The third-order valence-electron chi connectivity index (χ3n) is 4.55. The van der Waals surface area contributed by atoms with Gasteiger partial charge in [-0.2, -0.15) is 0 Å². The maximum Gasteiger partial charge on any atom is 0.222 e. The van der Waals surface area contributed by atoms with Crippen LogP contribution < -0.4 is 16.0 Å². The van der Waals surface area contributed by atoms with Crippen LogP contribution in [-0.2, 0) is 17.9 Å². The number of amides is 1. The SMILES string of the molecule is CN=C(NCCNC(=O)C(C)C)NCc1ccc(CN2CCCC2)cc1.I. The standard InChI is InChI=1S/C20H33N5O.HI/c1-16(2)19(26)22-10-11-23-20(21-3)24-14-17-6-8-18(9-7-17)15-25-12-4-5-13-25;/h6-9,16H,4-5,10-15H2,1-3H3,(H,22,26)(H2,21,23,24);1H. The Labute approximate surface area is 180 Å². The molecular formula is C20H34IN5O. The smallest absolute Gasteiger partial charge is 0.222 e. The molecule has 27 heavy (non-hydrogen) atoms. The minimum Gasteiger partial charge on any atom is -0.355 e. The molecule has 3 N–H and O–H groups in total. The van der Waals surface area contributed by atoms with Crippen LogP contribution in [0, 0.1) is 5.92 Å². The molecule has 0 unspecified atom stereocenters. The number of benzene rings is 1. The fraction of sp³-hybridized carbons (Fsp3) is 0.600. The molecule has 152 valence electrons. The Bertz CT molecular complexity index is 583. The molecule has 0 bridgehead atoms. The fourth-order valence-electron chi connectivity index (χ4n) is 2.94.